The van der Waals surface area contributed by atoms with Gasteiger partial charge in [-0.1, -0.05) is 12.1 Å². The zero-order chi connectivity index (χ0) is 13.5. The van der Waals surface area contributed by atoms with Gasteiger partial charge in [0.1, 0.15) is 11.6 Å². The Morgan fingerprint density at radius 3 is 2.89 bits per heavy atom. The molecule has 1 aliphatic heterocycles. The average Bonchev–Trinajstić information content (AvgIpc) is 2.40. The number of carbonyl (C=O) groups is 1. The Labute approximate surface area is 113 Å². The van der Waals surface area contributed by atoms with Gasteiger partial charge in [0.05, 0.1) is 12.7 Å². The molecule has 0 atom stereocenters. The van der Waals surface area contributed by atoms with E-state index >= 15 is 0 Å². The third kappa shape index (κ3) is 5.09. The van der Waals surface area contributed by atoms with Crippen LogP contribution in [-0.4, -0.2) is 31.6 Å². The van der Waals surface area contributed by atoms with Gasteiger partial charge in [-0.15, -0.1) is 0 Å². The Bertz CT molecular complexity index is 416. The third-order valence-electron chi connectivity index (χ3n) is 3.31. The van der Waals surface area contributed by atoms with E-state index in [1.165, 1.54) is 12.1 Å². The smallest absolute Gasteiger partial charge is 0.139 e. The van der Waals surface area contributed by atoms with Gasteiger partial charge in [-0.05, 0) is 43.6 Å². The van der Waals surface area contributed by atoms with Crippen LogP contribution in [0, 0.1) is 5.82 Å². The molecule has 0 amide bonds. The van der Waals surface area contributed by atoms with Crippen molar-refractivity contribution in [3.05, 3.63) is 35.6 Å². The van der Waals surface area contributed by atoms with Crippen molar-refractivity contribution in [1.29, 1.82) is 0 Å². The van der Waals surface area contributed by atoms with Crippen LogP contribution in [0.1, 0.15) is 24.8 Å². The van der Waals surface area contributed by atoms with Crippen molar-refractivity contribution in [3.8, 4) is 0 Å². The van der Waals surface area contributed by atoms with Crippen molar-refractivity contribution in [1.82, 2.24) is 5.32 Å². The maximum atomic E-state index is 13.0. The first-order valence-electron chi connectivity index (χ1n) is 6.82. The molecule has 1 heterocycles. The lowest BCUT2D eigenvalue weighted by atomic mass is 10.1. The predicted molar refractivity (Wildman–Crippen MR) is 71.6 cm³/mol. The van der Waals surface area contributed by atoms with E-state index in [9.17, 15) is 9.18 Å². The van der Waals surface area contributed by atoms with Crippen LogP contribution < -0.4 is 5.32 Å². The van der Waals surface area contributed by atoms with Crippen molar-refractivity contribution < 1.29 is 13.9 Å². The number of Topliss-reactive ketones (excluding diaryl/α,β-unsaturated/α-hetero) is 1. The van der Waals surface area contributed by atoms with Gasteiger partial charge in [0.2, 0.25) is 0 Å². The van der Waals surface area contributed by atoms with E-state index in [0.717, 1.165) is 31.5 Å². The molecule has 2 rings (SSSR count). The molecular weight excluding hydrogens is 245 g/mol. The molecule has 0 aliphatic carbocycles. The molecule has 1 N–H and O–H groups in total. The Balaban J connectivity index is 1.67. The monoisotopic (exact) mass is 265 g/mol. The van der Waals surface area contributed by atoms with Crippen LogP contribution in [-0.2, 0) is 16.0 Å². The van der Waals surface area contributed by atoms with Gasteiger partial charge in [-0.3, -0.25) is 4.79 Å². The third-order valence-corrected chi connectivity index (χ3v) is 3.31. The van der Waals surface area contributed by atoms with Crippen molar-refractivity contribution in [2.24, 2.45) is 0 Å². The summed E-state index contributed by atoms with van der Waals surface area (Å²) in [4.78, 5) is 11.8. The van der Waals surface area contributed by atoms with Crippen molar-refractivity contribution in [2.75, 3.05) is 19.7 Å². The first kappa shape index (κ1) is 14.2. The molecule has 0 unspecified atom stereocenters. The first-order chi connectivity index (χ1) is 9.24. The topological polar surface area (TPSA) is 38.3 Å². The van der Waals surface area contributed by atoms with Gasteiger partial charge in [-0.25, -0.2) is 4.39 Å². The van der Waals surface area contributed by atoms with Gasteiger partial charge >= 0.3 is 0 Å². The fraction of sp³-hybridized carbons (Fsp3) is 0.533. The summed E-state index contributed by atoms with van der Waals surface area (Å²) in [6.45, 7) is 2.45. The van der Waals surface area contributed by atoms with Crippen LogP contribution in [0.15, 0.2) is 24.3 Å². The molecule has 1 saturated heterocycles. The summed E-state index contributed by atoms with van der Waals surface area (Å²) in [6.07, 6.45) is 2.99. The highest BCUT2D eigenvalue weighted by molar-refractivity contribution is 5.80. The minimum Gasteiger partial charge on any atom is -0.378 e. The van der Waals surface area contributed by atoms with Crippen LogP contribution >= 0.6 is 0 Å². The van der Waals surface area contributed by atoms with Crippen molar-refractivity contribution in [2.45, 2.75) is 31.8 Å². The lowest BCUT2D eigenvalue weighted by Crippen LogP contribution is -2.32. The quantitative estimate of drug-likeness (QED) is 0.856. The maximum absolute atomic E-state index is 13.0. The van der Waals surface area contributed by atoms with Gasteiger partial charge < -0.3 is 10.1 Å². The number of rotatable bonds is 6. The Kier molecular flexibility index (Phi) is 5.48. The second kappa shape index (κ2) is 7.36. The summed E-state index contributed by atoms with van der Waals surface area (Å²) in [6, 6.07) is 6.19. The Hall–Kier alpha value is -1.26. The summed E-state index contributed by atoms with van der Waals surface area (Å²) in [5, 5.41) is 3.27. The summed E-state index contributed by atoms with van der Waals surface area (Å²) in [5.74, 6) is -0.198. The number of carbonyl (C=O) groups excluding carboxylic acids is 1. The molecule has 0 radical (unpaired) electrons. The van der Waals surface area contributed by atoms with Crippen LogP contribution in [0.25, 0.3) is 0 Å². The molecule has 0 saturated carbocycles. The molecule has 1 aromatic rings. The van der Waals surface area contributed by atoms with E-state index in [1.54, 1.807) is 12.1 Å². The molecule has 0 aromatic heterocycles. The lowest BCUT2D eigenvalue weighted by molar-refractivity contribution is -0.120. The van der Waals surface area contributed by atoms with E-state index in [1.807, 2.05) is 0 Å². The Morgan fingerprint density at radius 1 is 1.37 bits per heavy atom. The number of piperidine rings is 1. The number of ketones is 1. The number of halogens is 1. The molecule has 0 spiro atoms. The number of hydrogen-bond donors (Lipinski definition) is 1. The fourth-order valence-electron chi connectivity index (χ4n) is 2.26. The van der Waals surface area contributed by atoms with E-state index in [2.05, 4.69) is 5.32 Å². The summed E-state index contributed by atoms with van der Waals surface area (Å²) in [7, 11) is 0. The van der Waals surface area contributed by atoms with E-state index in [-0.39, 0.29) is 24.1 Å². The van der Waals surface area contributed by atoms with Gasteiger partial charge in [0.15, 0.2) is 0 Å². The van der Waals surface area contributed by atoms with Gasteiger partial charge in [0.25, 0.3) is 0 Å². The fourth-order valence-corrected chi connectivity index (χ4v) is 2.26. The largest absolute Gasteiger partial charge is 0.378 e. The van der Waals surface area contributed by atoms with Crippen LogP contribution in [0.3, 0.4) is 0 Å². The standard InChI is InChI=1S/C15H20FNO2/c16-13-3-1-2-12(10-13)11-14(18)6-9-19-15-4-7-17-8-5-15/h1-3,10,15,17H,4-9,11H2. The number of nitrogens with one attached hydrogen (secondary N) is 1. The summed E-state index contributed by atoms with van der Waals surface area (Å²) >= 11 is 0. The zero-order valence-electron chi connectivity index (χ0n) is 11.0. The minimum atomic E-state index is -0.295. The molecule has 4 heteroatoms. The van der Waals surface area contributed by atoms with Gasteiger partial charge in [0, 0.05) is 12.8 Å². The van der Waals surface area contributed by atoms with E-state index in [4.69, 9.17) is 4.74 Å². The second-order valence-corrected chi connectivity index (χ2v) is 4.92. The zero-order valence-corrected chi connectivity index (χ0v) is 11.0. The molecule has 19 heavy (non-hydrogen) atoms. The normalized spacial score (nSPS) is 16.5. The molecular formula is C15H20FNO2. The highest BCUT2D eigenvalue weighted by Crippen LogP contribution is 2.09. The lowest BCUT2D eigenvalue weighted by Gasteiger charge is -2.22. The molecule has 1 aliphatic rings. The summed E-state index contributed by atoms with van der Waals surface area (Å²) in [5.41, 5.74) is 0.729. The predicted octanol–water partition coefficient (Wildman–Crippen LogP) is 2.10. The number of benzene rings is 1. The highest BCUT2D eigenvalue weighted by Gasteiger charge is 2.13. The van der Waals surface area contributed by atoms with Gasteiger partial charge in [-0.2, -0.15) is 0 Å². The van der Waals surface area contributed by atoms with Crippen LogP contribution in [0.2, 0.25) is 0 Å². The Morgan fingerprint density at radius 2 is 2.16 bits per heavy atom. The molecule has 3 nitrogen and oxygen atoms in total. The number of hydrogen-bond acceptors (Lipinski definition) is 3. The van der Waals surface area contributed by atoms with E-state index < -0.39 is 0 Å². The molecule has 1 aromatic carbocycles. The van der Waals surface area contributed by atoms with Crippen LogP contribution in [0.5, 0.6) is 0 Å². The second-order valence-electron chi connectivity index (χ2n) is 4.92. The molecule has 1 fully saturated rings. The number of ether oxygens (including phenoxy) is 1. The first-order valence-corrected chi connectivity index (χ1v) is 6.82. The molecule has 104 valence electrons. The summed E-state index contributed by atoms with van der Waals surface area (Å²) < 4.78 is 18.7. The maximum Gasteiger partial charge on any atom is 0.139 e. The SMILES string of the molecule is O=C(CCOC1CCNCC1)Cc1cccc(F)c1. The van der Waals surface area contributed by atoms with Crippen molar-refractivity contribution in [3.63, 3.8) is 0 Å². The van der Waals surface area contributed by atoms with Crippen LogP contribution in [0.4, 0.5) is 4.39 Å². The van der Waals surface area contributed by atoms with E-state index in [0.29, 0.717) is 13.0 Å². The average molecular weight is 265 g/mol. The minimum absolute atomic E-state index is 0.0968. The van der Waals surface area contributed by atoms with Crippen molar-refractivity contribution >= 4 is 5.78 Å². The highest BCUT2D eigenvalue weighted by atomic mass is 19.1. The molecule has 0 bridgehead atoms.